The summed E-state index contributed by atoms with van der Waals surface area (Å²) in [7, 11) is 1.33. The molecule has 0 aromatic heterocycles. The third kappa shape index (κ3) is 3.00. The molecule has 86 valence electrons. The molecule has 1 aromatic rings. The van der Waals surface area contributed by atoms with Gasteiger partial charge in [0.15, 0.2) is 0 Å². The van der Waals surface area contributed by atoms with Crippen LogP contribution < -0.4 is 5.73 Å². The molecule has 0 unspecified atom stereocenters. The minimum absolute atomic E-state index is 0.385. The van der Waals surface area contributed by atoms with Crippen LogP contribution in [0.3, 0.4) is 0 Å². The van der Waals surface area contributed by atoms with Crippen LogP contribution in [0.2, 0.25) is 0 Å². The number of hydrogen-bond donors (Lipinski definition) is 1. The number of esters is 1. The highest BCUT2D eigenvalue weighted by Gasteiger charge is 2.10. The second-order valence-electron chi connectivity index (χ2n) is 3.18. The summed E-state index contributed by atoms with van der Waals surface area (Å²) in [5.74, 6) is 0.137. The van der Waals surface area contributed by atoms with Crippen molar-refractivity contribution in [3.05, 3.63) is 35.4 Å². The Kier molecular flexibility index (Phi) is 4.86. The first-order valence-electron chi connectivity index (χ1n) is 4.90. The van der Waals surface area contributed by atoms with E-state index < -0.39 is 5.97 Å². The average Bonchev–Trinajstić information content (AvgIpc) is 2.30. The number of carbonyl (C=O) groups excluding carboxylic acids is 1. The van der Waals surface area contributed by atoms with Gasteiger partial charge in [-0.15, -0.1) is 11.6 Å². The van der Waals surface area contributed by atoms with Crippen LogP contribution in [0.15, 0.2) is 24.3 Å². The monoisotopic (exact) mass is 239 g/mol. The minimum atomic E-state index is -0.426. The number of nitrogens with two attached hydrogens (primary N) is 1. The standard InChI is InChI=1S/C12H14ClNO2/c1-16-12(15)10-7-4-6-9(11(10)14)5-2-3-8-13/h2,4-7H,3,8,14H2,1H3. The van der Waals surface area contributed by atoms with Crippen molar-refractivity contribution in [1.29, 1.82) is 0 Å². The fraction of sp³-hybridized carbons (Fsp3) is 0.250. The van der Waals surface area contributed by atoms with Gasteiger partial charge < -0.3 is 10.5 Å². The van der Waals surface area contributed by atoms with Crippen molar-refractivity contribution < 1.29 is 9.53 Å². The number of benzene rings is 1. The number of nitrogen functional groups attached to an aromatic ring is 1. The molecule has 1 aromatic carbocycles. The molecule has 0 fully saturated rings. The van der Waals surface area contributed by atoms with Crippen LogP contribution in [0.25, 0.3) is 6.08 Å². The van der Waals surface area contributed by atoms with Crippen molar-refractivity contribution in [3.63, 3.8) is 0 Å². The lowest BCUT2D eigenvalue weighted by molar-refractivity contribution is 0.0602. The largest absolute Gasteiger partial charge is 0.465 e. The molecule has 16 heavy (non-hydrogen) atoms. The van der Waals surface area contributed by atoms with Crippen molar-refractivity contribution in [2.75, 3.05) is 18.7 Å². The number of halogens is 1. The Bertz CT molecular complexity index is 402. The van der Waals surface area contributed by atoms with Gasteiger partial charge in [-0.05, 0) is 18.1 Å². The lowest BCUT2D eigenvalue weighted by Gasteiger charge is -2.06. The summed E-state index contributed by atoms with van der Waals surface area (Å²) in [5, 5.41) is 0. The van der Waals surface area contributed by atoms with Gasteiger partial charge >= 0.3 is 5.97 Å². The van der Waals surface area contributed by atoms with Gasteiger partial charge in [0.25, 0.3) is 0 Å². The van der Waals surface area contributed by atoms with Crippen molar-refractivity contribution in [1.82, 2.24) is 0 Å². The molecule has 0 aliphatic carbocycles. The fourth-order valence-corrected chi connectivity index (χ4v) is 1.42. The minimum Gasteiger partial charge on any atom is -0.465 e. The van der Waals surface area contributed by atoms with Crippen molar-refractivity contribution in [2.45, 2.75) is 6.42 Å². The van der Waals surface area contributed by atoms with E-state index in [9.17, 15) is 4.79 Å². The number of carbonyl (C=O) groups is 1. The van der Waals surface area contributed by atoms with E-state index in [1.807, 2.05) is 18.2 Å². The van der Waals surface area contributed by atoms with Gasteiger partial charge in [-0.3, -0.25) is 0 Å². The summed E-state index contributed by atoms with van der Waals surface area (Å²) in [6, 6.07) is 5.25. The summed E-state index contributed by atoms with van der Waals surface area (Å²) < 4.78 is 4.63. The highest BCUT2D eigenvalue weighted by atomic mass is 35.5. The molecule has 3 nitrogen and oxygen atoms in total. The van der Waals surface area contributed by atoms with Crippen LogP contribution in [0.1, 0.15) is 22.3 Å². The maximum atomic E-state index is 11.4. The summed E-state index contributed by atoms with van der Waals surface area (Å²) in [4.78, 5) is 11.4. The van der Waals surface area contributed by atoms with E-state index in [0.29, 0.717) is 17.1 Å². The van der Waals surface area contributed by atoms with Crippen molar-refractivity contribution in [2.24, 2.45) is 0 Å². The van der Waals surface area contributed by atoms with E-state index in [0.717, 1.165) is 12.0 Å². The van der Waals surface area contributed by atoms with E-state index >= 15 is 0 Å². The van der Waals surface area contributed by atoms with Gasteiger partial charge in [0.2, 0.25) is 0 Å². The summed E-state index contributed by atoms with van der Waals surface area (Å²) in [6.45, 7) is 0. The number of anilines is 1. The zero-order chi connectivity index (χ0) is 12.0. The number of alkyl halides is 1. The number of ether oxygens (including phenoxy) is 1. The van der Waals surface area contributed by atoms with Crippen LogP contribution in [-0.2, 0) is 4.74 Å². The molecule has 0 radical (unpaired) electrons. The van der Waals surface area contributed by atoms with Gasteiger partial charge in [-0.2, -0.15) is 0 Å². The normalized spacial score (nSPS) is 10.6. The molecule has 0 spiro atoms. The molecule has 0 aliphatic rings. The Hall–Kier alpha value is -1.48. The topological polar surface area (TPSA) is 52.3 Å². The predicted molar refractivity (Wildman–Crippen MR) is 66.6 cm³/mol. The summed E-state index contributed by atoms with van der Waals surface area (Å²) in [6.07, 6.45) is 4.54. The second kappa shape index (κ2) is 6.18. The molecule has 0 bridgehead atoms. The van der Waals surface area contributed by atoms with E-state index in [1.165, 1.54) is 7.11 Å². The first kappa shape index (κ1) is 12.6. The highest BCUT2D eigenvalue weighted by molar-refractivity contribution is 6.17. The number of rotatable bonds is 4. The second-order valence-corrected chi connectivity index (χ2v) is 3.56. The zero-order valence-electron chi connectivity index (χ0n) is 9.07. The Labute approximate surface area is 99.8 Å². The van der Waals surface area contributed by atoms with Gasteiger partial charge in [0.1, 0.15) is 0 Å². The molecule has 1 rings (SSSR count). The molecule has 0 saturated heterocycles. The molecular formula is C12H14ClNO2. The maximum Gasteiger partial charge on any atom is 0.339 e. The molecular weight excluding hydrogens is 226 g/mol. The van der Waals surface area contributed by atoms with Gasteiger partial charge in [-0.1, -0.05) is 24.3 Å². The lowest BCUT2D eigenvalue weighted by atomic mass is 10.1. The van der Waals surface area contributed by atoms with Crippen LogP contribution in [0, 0.1) is 0 Å². The fourth-order valence-electron chi connectivity index (χ4n) is 1.29. The quantitative estimate of drug-likeness (QED) is 0.499. The van der Waals surface area contributed by atoms with Crippen LogP contribution in [-0.4, -0.2) is 19.0 Å². The van der Waals surface area contributed by atoms with E-state index in [-0.39, 0.29) is 0 Å². The maximum absolute atomic E-state index is 11.4. The third-order valence-electron chi connectivity index (χ3n) is 2.12. The average molecular weight is 240 g/mol. The first-order valence-corrected chi connectivity index (χ1v) is 5.43. The first-order chi connectivity index (χ1) is 7.70. The van der Waals surface area contributed by atoms with Gasteiger partial charge in [-0.25, -0.2) is 4.79 Å². The smallest absolute Gasteiger partial charge is 0.339 e. The Morgan fingerprint density at radius 3 is 2.94 bits per heavy atom. The van der Waals surface area contributed by atoms with E-state index in [4.69, 9.17) is 17.3 Å². The lowest BCUT2D eigenvalue weighted by Crippen LogP contribution is -2.06. The van der Waals surface area contributed by atoms with E-state index in [1.54, 1.807) is 12.1 Å². The molecule has 0 heterocycles. The number of para-hydroxylation sites is 1. The molecule has 2 N–H and O–H groups in total. The Balaban J connectivity index is 2.99. The Morgan fingerprint density at radius 1 is 1.56 bits per heavy atom. The van der Waals surface area contributed by atoms with Gasteiger partial charge in [0, 0.05) is 5.88 Å². The van der Waals surface area contributed by atoms with Crippen molar-refractivity contribution >= 4 is 29.3 Å². The number of hydrogen-bond acceptors (Lipinski definition) is 3. The van der Waals surface area contributed by atoms with Gasteiger partial charge in [0.05, 0.1) is 18.4 Å². The SMILES string of the molecule is COC(=O)c1cccc(C=CCCCl)c1N. The van der Waals surface area contributed by atoms with Crippen LogP contribution in [0.5, 0.6) is 0 Å². The number of methoxy groups -OCH3 is 1. The third-order valence-corrected chi connectivity index (χ3v) is 2.34. The zero-order valence-corrected chi connectivity index (χ0v) is 9.83. The summed E-state index contributed by atoms with van der Waals surface area (Å²) >= 11 is 5.56. The van der Waals surface area contributed by atoms with Crippen LogP contribution >= 0.6 is 11.6 Å². The van der Waals surface area contributed by atoms with E-state index in [2.05, 4.69) is 4.74 Å². The molecule has 0 saturated carbocycles. The van der Waals surface area contributed by atoms with Crippen molar-refractivity contribution in [3.8, 4) is 0 Å². The molecule has 0 aliphatic heterocycles. The predicted octanol–water partition coefficient (Wildman–Crippen LogP) is 2.70. The molecule has 4 heteroatoms. The Morgan fingerprint density at radius 2 is 2.31 bits per heavy atom. The molecule has 0 atom stereocenters. The summed E-state index contributed by atoms with van der Waals surface area (Å²) in [5.41, 5.74) is 7.47. The van der Waals surface area contributed by atoms with Crippen LogP contribution in [0.4, 0.5) is 5.69 Å². The molecule has 0 amide bonds. The number of allylic oxidation sites excluding steroid dienone is 1. The highest BCUT2D eigenvalue weighted by Crippen LogP contribution is 2.19.